The van der Waals surface area contributed by atoms with Gasteiger partial charge in [0.15, 0.2) is 5.82 Å². The number of aromatic nitrogens is 2. The van der Waals surface area contributed by atoms with Crippen molar-refractivity contribution in [1.29, 1.82) is 0 Å². The number of H-pyrrole nitrogens is 1. The first-order chi connectivity index (χ1) is 21.4. The van der Waals surface area contributed by atoms with Gasteiger partial charge in [-0.25, -0.2) is 14.0 Å². The lowest BCUT2D eigenvalue weighted by Gasteiger charge is -2.15. The zero-order valence-electron chi connectivity index (χ0n) is 24.3. The molecule has 44 heavy (non-hydrogen) atoms. The second kappa shape index (κ2) is 14.3. The number of aromatic carboxylic acids is 1. The fourth-order valence-corrected chi connectivity index (χ4v) is 5.15. The molecule has 7 nitrogen and oxygen atoms in total. The Morgan fingerprint density at radius 1 is 0.932 bits per heavy atom. The fourth-order valence-electron chi connectivity index (χ4n) is 5.15. The quantitative estimate of drug-likeness (QED) is 0.150. The summed E-state index contributed by atoms with van der Waals surface area (Å²) < 4.78 is 24.2. The van der Waals surface area contributed by atoms with Gasteiger partial charge in [0.2, 0.25) is 0 Å². The Morgan fingerprint density at radius 2 is 1.61 bits per heavy atom. The number of allylic oxidation sites excluding steroid dienone is 1. The van der Waals surface area contributed by atoms with Crippen LogP contribution in [-0.2, 0) is 25.7 Å². The average molecular weight is 593 g/mol. The molecular formula is C36H33FN2O5. The van der Waals surface area contributed by atoms with Gasteiger partial charge in [-0.2, -0.15) is 0 Å². The van der Waals surface area contributed by atoms with Gasteiger partial charge in [-0.1, -0.05) is 71.9 Å². The fraction of sp³-hybridized carbons (Fsp3) is 0.194. The van der Waals surface area contributed by atoms with Crippen molar-refractivity contribution in [3.05, 3.63) is 147 Å². The number of hydrogen-bond donors (Lipinski definition) is 2. The first-order valence-corrected chi connectivity index (χ1v) is 14.4. The van der Waals surface area contributed by atoms with E-state index < -0.39 is 11.7 Å². The number of methoxy groups -OCH3 is 1. The number of carboxylic acid groups (broad SMARTS) is 1. The van der Waals surface area contributed by atoms with Crippen molar-refractivity contribution >= 4 is 12.0 Å². The van der Waals surface area contributed by atoms with Gasteiger partial charge in [0.1, 0.15) is 11.6 Å². The van der Waals surface area contributed by atoms with Crippen molar-refractivity contribution in [3.63, 3.8) is 0 Å². The first kappa shape index (κ1) is 30.2. The molecule has 0 saturated heterocycles. The maximum atomic E-state index is 14.4. The molecule has 0 radical (unpaired) electrons. The molecule has 0 spiro atoms. The third-order valence-electron chi connectivity index (χ3n) is 7.67. The van der Waals surface area contributed by atoms with Crippen LogP contribution in [0.2, 0.25) is 0 Å². The summed E-state index contributed by atoms with van der Waals surface area (Å²) in [5.41, 5.74) is 6.21. The van der Waals surface area contributed by atoms with Crippen LogP contribution in [-0.4, -0.2) is 28.3 Å². The third-order valence-corrected chi connectivity index (χ3v) is 7.67. The lowest BCUT2D eigenvalue weighted by molar-refractivity contribution is 0.0697. The predicted octanol–water partition coefficient (Wildman–Crippen LogP) is 7.17. The molecule has 0 aliphatic heterocycles. The molecule has 1 heterocycles. The number of carbonyl (C=O) groups is 1. The van der Waals surface area contributed by atoms with E-state index in [1.807, 2.05) is 72.8 Å². The largest absolute Gasteiger partial charge is 0.497 e. The van der Waals surface area contributed by atoms with Gasteiger partial charge in [0.25, 0.3) is 0 Å². The Kier molecular flexibility index (Phi) is 9.81. The third kappa shape index (κ3) is 8.19. The van der Waals surface area contributed by atoms with E-state index in [0.717, 1.165) is 59.3 Å². The zero-order chi connectivity index (χ0) is 30.9. The summed E-state index contributed by atoms with van der Waals surface area (Å²) in [5, 5.41) is 13.0. The SMILES string of the molecule is COc1ccc(CCc2ccc(F)cc2/C=C/C(CCc2ccc(-c3noc(=O)[nH]3)cc2)Cc2ccc(C(=O)O)cc2)cc1. The molecule has 0 aliphatic carbocycles. The minimum Gasteiger partial charge on any atom is -0.497 e. The van der Waals surface area contributed by atoms with Crippen LogP contribution in [0.5, 0.6) is 5.75 Å². The second-order valence-corrected chi connectivity index (χ2v) is 10.7. The molecule has 5 aromatic rings. The van der Waals surface area contributed by atoms with Gasteiger partial charge >= 0.3 is 11.7 Å². The summed E-state index contributed by atoms with van der Waals surface area (Å²) in [6.07, 6.45) is 8.01. The number of hydrogen-bond acceptors (Lipinski definition) is 5. The number of halogens is 1. The normalized spacial score (nSPS) is 12.0. The molecular weight excluding hydrogens is 559 g/mol. The van der Waals surface area contributed by atoms with Crippen LogP contribution < -0.4 is 10.5 Å². The maximum Gasteiger partial charge on any atom is 0.439 e. The van der Waals surface area contributed by atoms with Crippen molar-refractivity contribution in [3.8, 4) is 17.1 Å². The number of nitrogens with one attached hydrogen (secondary N) is 1. The molecule has 1 atom stereocenters. The van der Waals surface area contributed by atoms with E-state index in [1.54, 1.807) is 25.3 Å². The number of carboxylic acids is 1. The molecule has 0 aliphatic rings. The molecule has 4 aromatic carbocycles. The Bertz CT molecular complexity index is 1770. The van der Waals surface area contributed by atoms with Crippen LogP contribution in [0.4, 0.5) is 4.39 Å². The maximum absolute atomic E-state index is 14.4. The van der Waals surface area contributed by atoms with Gasteiger partial charge in [0, 0.05) is 5.56 Å². The molecule has 0 saturated carbocycles. The van der Waals surface area contributed by atoms with E-state index >= 15 is 0 Å². The van der Waals surface area contributed by atoms with Gasteiger partial charge in [-0.05, 0) is 102 Å². The molecule has 0 amide bonds. The minimum absolute atomic E-state index is 0.106. The molecule has 224 valence electrons. The molecule has 0 fully saturated rings. The van der Waals surface area contributed by atoms with Crippen molar-refractivity contribution < 1.29 is 23.6 Å². The van der Waals surface area contributed by atoms with Crippen molar-refractivity contribution in [2.24, 2.45) is 5.92 Å². The van der Waals surface area contributed by atoms with Crippen LogP contribution in [0.25, 0.3) is 17.5 Å². The summed E-state index contributed by atoms with van der Waals surface area (Å²) in [6, 6.07) is 27.6. The summed E-state index contributed by atoms with van der Waals surface area (Å²) in [7, 11) is 1.64. The second-order valence-electron chi connectivity index (χ2n) is 10.7. The van der Waals surface area contributed by atoms with E-state index in [0.29, 0.717) is 12.2 Å². The van der Waals surface area contributed by atoms with E-state index in [1.165, 1.54) is 11.6 Å². The number of ether oxygens (including phenoxy) is 1. The standard InChI is InChI=1S/C36H33FN2O5/c1-43-33-20-10-25(11-21-33)4-12-28-18-19-32(37)23-31(28)17-9-26(22-27-7-15-30(16-8-27)35(40)41)3-2-24-5-13-29(14-6-24)34-38-36(42)44-39-34/h5-11,13-21,23,26H,2-4,12,22H2,1H3,(H,40,41)(H,38,39,42)/b17-9+. The first-order valence-electron chi connectivity index (χ1n) is 14.4. The monoisotopic (exact) mass is 592 g/mol. The lowest BCUT2D eigenvalue weighted by Crippen LogP contribution is -2.05. The van der Waals surface area contributed by atoms with Crippen LogP contribution >= 0.6 is 0 Å². The number of rotatable bonds is 13. The molecule has 1 aromatic heterocycles. The highest BCUT2D eigenvalue weighted by Crippen LogP contribution is 2.23. The number of aromatic amines is 1. The average Bonchev–Trinajstić information content (AvgIpc) is 3.48. The molecule has 1 unspecified atom stereocenters. The lowest BCUT2D eigenvalue weighted by atomic mass is 9.90. The topological polar surface area (TPSA) is 105 Å². The van der Waals surface area contributed by atoms with Crippen LogP contribution in [0, 0.1) is 11.7 Å². The van der Waals surface area contributed by atoms with E-state index in [2.05, 4.69) is 20.7 Å². The number of nitrogens with zero attached hydrogens (tertiary/aromatic N) is 1. The summed E-state index contributed by atoms with van der Waals surface area (Å²) in [6.45, 7) is 0. The highest BCUT2D eigenvalue weighted by atomic mass is 19.1. The Hall–Kier alpha value is -5.24. The summed E-state index contributed by atoms with van der Waals surface area (Å²) in [4.78, 5) is 25.2. The molecule has 5 rings (SSSR count). The predicted molar refractivity (Wildman–Crippen MR) is 167 cm³/mol. The van der Waals surface area contributed by atoms with E-state index in [9.17, 15) is 19.1 Å². The highest BCUT2D eigenvalue weighted by Gasteiger charge is 2.11. The smallest absolute Gasteiger partial charge is 0.439 e. The van der Waals surface area contributed by atoms with Gasteiger partial charge in [-0.3, -0.25) is 9.51 Å². The molecule has 2 N–H and O–H groups in total. The van der Waals surface area contributed by atoms with Crippen molar-refractivity contribution in [2.75, 3.05) is 7.11 Å². The van der Waals surface area contributed by atoms with Gasteiger partial charge in [0.05, 0.1) is 12.7 Å². The number of benzene rings is 4. The van der Waals surface area contributed by atoms with E-state index in [4.69, 9.17) is 4.74 Å². The summed E-state index contributed by atoms with van der Waals surface area (Å²) >= 11 is 0. The van der Waals surface area contributed by atoms with Crippen molar-refractivity contribution in [1.82, 2.24) is 10.1 Å². The Balaban J connectivity index is 1.33. The van der Waals surface area contributed by atoms with Crippen LogP contribution in [0.15, 0.2) is 106 Å². The van der Waals surface area contributed by atoms with Crippen molar-refractivity contribution in [2.45, 2.75) is 32.1 Å². The van der Waals surface area contributed by atoms with Crippen LogP contribution in [0.1, 0.15) is 44.6 Å². The van der Waals surface area contributed by atoms with E-state index in [-0.39, 0.29) is 17.3 Å². The number of aryl methyl sites for hydroxylation is 3. The summed E-state index contributed by atoms with van der Waals surface area (Å²) in [5.74, 6) is -0.547. The zero-order valence-corrected chi connectivity index (χ0v) is 24.3. The van der Waals surface area contributed by atoms with Crippen LogP contribution in [0.3, 0.4) is 0 Å². The van der Waals surface area contributed by atoms with Gasteiger partial charge in [-0.15, -0.1) is 0 Å². The Labute approximate surface area is 254 Å². The molecule has 0 bridgehead atoms. The Morgan fingerprint density at radius 3 is 2.27 bits per heavy atom. The highest BCUT2D eigenvalue weighted by molar-refractivity contribution is 5.87. The minimum atomic E-state index is -0.959. The molecule has 8 heteroatoms. The van der Waals surface area contributed by atoms with Gasteiger partial charge < -0.3 is 9.84 Å².